The largest absolute Gasteiger partial charge is 0.378 e. The highest BCUT2D eigenvalue weighted by molar-refractivity contribution is 7.14. The number of amides is 1. The Kier molecular flexibility index (Phi) is 5.30. The van der Waals surface area contributed by atoms with Crippen molar-refractivity contribution in [2.45, 2.75) is 6.54 Å². The third-order valence-corrected chi connectivity index (χ3v) is 4.40. The van der Waals surface area contributed by atoms with Gasteiger partial charge in [-0.25, -0.2) is 4.98 Å². The molecule has 1 heterocycles. The highest BCUT2D eigenvalue weighted by atomic mass is 32.1. The second kappa shape index (κ2) is 7.81. The average molecular weight is 352 g/mol. The van der Waals surface area contributed by atoms with Crippen molar-refractivity contribution in [3.8, 4) is 0 Å². The normalized spacial score (nSPS) is 10.3. The predicted octanol–water partition coefficient (Wildman–Crippen LogP) is 3.88. The highest BCUT2D eigenvalue weighted by Crippen LogP contribution is 2.24. The number of rotatable bonds is 6. The summed E-state index contributed by atoms with van der Waals surface area (Å²) in [6, 6.07) is 17.9. The lowest BCUT2D eigenvalue weighted by Crippen LogP contribution is -2.23. The van der Waals surface area contributed by atoms with Crippen LogP contribution in [-0.2, 0) is 6.54 Å². The number of nitrogens with one attached hydrogen (secondary N) is 2. The molecule has 0 saturated heterocycles. The minimum atomic E-state index is -0.171. The monoisotopic (exact) mass is 352 g/mol. The van der Waals surface area contributed by atoms with Crippen LogP contribution in [0.3, 0.4) is 0 Å². The summed E-state index contributed by atoms with van der Waals surface area (Å²) in [5.74, 6) is -0.171. The third-order valence-electron chi connectivity index (χ3n) is 3.65. The van der Waals surface area contributed by atoms with Crippen LogP contribution in [0, 0.1) is 0 Å². The summed E-state index contributed by atoms with van der Waals surface area (Å²) in [7, 11) is 4.00. The van der Waals surface area contributed by atoms with E-state index in [1.807, 2.05) is 73.6 Å². The first-order valence-electron chi connectivity index (χ1n) is 7.94. The number of carbonyl (C=O) groups excluding carboxylic acids is 1. The fourth-order valence-corrected chi connectivity index (χ4v) is 3.00. The molecule has 25 heavy (non-hydrogen) atoms. The Morgan fingerprint density at radius 2 is 1.92 bits per heavy atom. The van der Waals surface area contributed by atoms with Gasteiger partial charge in [-0.1, -0.05) is 36.4 Å². The SMILES string of the molecule is CN(C)c1cccc(Nc2nc(C(=O)NCc3ccccc3)cs2)c1. The maximum absolute atomic E-state index is 12.2. The number of aromatic nitrogens is 1. The van der Waals surface area contributed by atoms with Crippen LogP contribution >= 0.6 is 11.3 Å². The average Bonchev–Trinajstić information content (AvgIpc) is 3.09. The second-order valence-electron chi connectivity index (χ2n) is 5.78. The van der Waals surface area contributed by atoms with E-state index in [0.717, 1.165) is 16.9 Å². The molecule has 2 N–H and O–H groups in total. The first kappa shape index (κ1) is 17.0. The van der Waals surface area contributed by atoms with Crippen LogP contribution in [-0.4, -0.2) is 25.0 Å². The Morgan fingerprint density at radius 1 is 1.12 bits per heavy atom. The van der Waals surface area contributed by atoms with Gasteiger partial charge in [0.05, 0.1) is 0 Å². The fourth-order valence-electron chi connectivity index (χ4n) is 2.29. The summed E-state index contributed by atoms with van der Waals surface area (Å²) in [6.45, 7) is 0.491. The van der Waals surface area contributed by atoms with E-state index in [9.17, 15) is 4.79 Å². The molecule has 0 unspecified atom stereocenters. The van der Waals surface area contributed by atoms with Gasteiger partial charge in [0.15, 0.2) is 5.13 Å². The molecule has 0 aliphatic rings. The van der Waals surface area contributed by atoms with Crippen molar-refractivity contribution in [1.29, 1.82) is 0 Å². The van der Waals surface area contributed by atoms with E-state index in [0.29, 0.717) is 17.4 Å². The summed E-state index contributed by atoms with van der Waals surface area (Å²) in [5.41, 5.74) is 3.52. The maximum atomic E-state index is 12.2. The van der Waals surface area contributed by atoms with E-state index in [-0.39, 0.29) is 5.91 Å². The number of nitrogens with zero attached hydrogens (tertiary/aromatic N) is 2. The fraction of sp³-hybridized carbons (Fsp3) is 0.158. The summed E-state index contributed by atoms with van der Waals surface area (Å²) in [5, 5.41) is 8.59. The molecule has 1 aromatic heterocycles. The van der Waals surface area contributed by atoms with Gasteiger partial charge in [0.2, 0.25) is 0 Å². The predicted molar refractivity (Wildman–Crippen MR) is 104 cm³/mol. The van der Waals surface area contributed by atoms with E-state index in [4.69, 9.17) is 0 Å². The minimum absolute atomic E-state index is 0.171. The zero-order chi connectivity index (χ0) is 17.6. The van der Waals surface area contributed by atoms with Gasteiger partial charge in [-0.05, 0) is 23.8 Å². The number of benzene rings is 2. The zero-order valence-corrected chi connectivity index (χ0v) is 15.0. The van der Waals surface area contributed by atoms with Crippen LogP contribution < -0.4 is 15.5 Å². The van der Waals surface area contributed by atoms with Gasteiger partial charge < -0.3 is 15.5 Å². The number of hydrogen-bond donors (Lipinski definition) is 2. The number of thiazole rings is 1. The Morgan fingerprint density at radius 3 is 2.68 bits per heavy atom. The molecule has 0 aliphatic heterocycles. The van der Waals surface area contributed by atoms with Gasteiger partial charge in [0.1, 0.15) is 5.69 Å². The van der Waals surface area contributed by atoms with Gasteiger partial charge in [-0.15, -0.1) is 11.3 Å². The molecule has 0 atom stereocenters. The van der Waals surface area contributed by atoms with Gasteiger partial charge in [0.25, 0.3) is 5.91 Å². The van der Waals surface area contributed by atoms with Crippen molar-refractivity contribution in [3.05, 3.63) is 71.2 Å². The van der Waals surface area contributed by atoms with Crippen LogP contribution in [0.25, 0.3) is 0 Å². The van der Waals surface area contributed by atoms with Crippen molar-refractivity contribution in [2.75, 3.05) is 24.3 Å². The first-order chi connectivity index (χ1) is 12.1. The Balaban J connectivity index is 1.62. The molecule has 128 valence electrons. The Labute approximate surface area is 151 Å². The lowest BCUT2D eigenvalue weighted by atomic mass is 10.2. The number of anilines is 3. The van der Waals surface area contributed by atoms with Crippen LogP contribution in [0.15, 0.2) is 60.0 Å². The van der Waals surface area contributed by atoms with Crippen LogP contribution in [0.4, 0.5) is 16.5 Å². The second-order valence-corrected chi connectivity index (χ2v) is 6.63. The quantitative estimate of drug-likeness (QED) is 0.707. The van der Waals surface area contributed by atoms with E-state index in [1.165, 1.54) is 11.3 Å². The van der Waals surface area contributed by atoms with E-state index in [1.54, 1.807) is 5.38 Å². The molecule has 3 aromatic rings. The summed E-state index contributed by atoms with van der Waals surface area (Å²) in [4.78, 5) is 18.6. The van der Waals surface area contributed by atoms with Crippen molar-refractivity contribution in [3.63, 3.8) is 0 Å². The molecule has 6 heteroatoms. The molecule has 2 aromatic carbocycles. The van der Waals surface area contributed by atoms with E-state index >= 15 is 0 Å². The zero-order valence-electron chi connectivity index (χ0n) is 14.2. The Hall–Kier alpha value is -2.86. The topological polar surface area (TPSA) is 57.3 Å². The molecule has 0 bridgehead atoms. The van der Waals surface area contributed by atoms with Gasteiger partial charge in [-0.2, -0.15) is 0 Å². The third kappa shape index (κ3) is 4.58. The first-order valence-corrected chi connectivity index (χ1v) is 8.82. The maximum Gasteiger partial charge on any atom is 0.271 e. The summed E-state index contributed by atoms with van der Waals surface area (Å²) in [6.07, 6.45) is 0. The van der Waals surface area contributed by atoms with E-state index in [2.05, 4.69) is 15.6 Å². The Bertz CT molecular complexity index is 845. The molecule has 0 saturated carbocycles. The highest BCUT2D eigenvalue weighted by Gasteiger charge is 2.11. The molecule has 0 aliphatic carbocycles. The summed E-state index contributed by atoms with van der Waals surface area (Å²) < 4.78 is 0. The van der Waals surface area contributed by atoms with Gasteiger partial charge in [0, 0.05) is 37.4 Å². The van der Waals surface area contributed by atoms with Crippen molar-refractivity contribution in [2.24, 2.45) is 0 Å². The van der Waals surface area contributed by atoms with Gasteiger partial charge in [-0.3, -0.25) is 4.79 Å². The lowest BCUT2D eigenvalue weighted by molar-refractivity contribution is 0.0946. The molecular weight excluding hydrogens is 332 g/mol. The van der Waals surface area contributed by atoms with Crippen molar-refractivity contribution in [1.82, 2.24) is 10.3 Å². The molecule has 5 nitrogen and oxygen atoms in total. The number of carbonyl (C=O) groups is 1. The minimum Gasteiger partial charge on any atom is -0.378 e. The van der Waals surface area contributed by atoms with Crippen molar-refractivity contribution < 1.29 is 4.79 Å². The standard InChI is InChI=1S/C19H20N4OS/c1-23(2)16-10-6-9-15(11-16)21-19-22-17(13-25-19)18(24)20-12-14-7-4-3-5-8-14/h3-11,13H,12H2,1-2H3,(H,20,24)(H,21,22). The van der Waals surface area contributed by atoms with Crippen molar-refractivity contribution >= 4 is 33.8 Å². The van der Waals surface area contributed by atoms with Crippen LogP contribution in [0.2, 0.25) is 0 Å². The molecule has 3 rings (SSSR count). The smallest absolute Gasteiger partial charge is 0.271 e. The van der Waals surface area contributed by atoms with Crippen LogP contribution in [0.1, 0.15) is 16.1 Å². The summed E-state index contributed by atoms with van der Waals surface area (Å²) >= 11 is 1.41. The molecule has 0 radical (unpaired) electrons. The molecule has 0 spiro atoms. The lowest BCUT2D eigenvalue weighted by Gasteiger charge is -2.13. The molecular formula is C19H20N4OS. The van der Waals surface area contributed by atoms with Crippen LogP contribution in [0.5, 0.6) is 0 Å². The van der Waals surface area contributed by atoms with E-state index < -0.39 is 0 Å². The van der Waals surface area contributed by atoms with Gasteiger partial charge >= 0.3 is 0 Å². The molecule has 0 fully saturated rings. The molecule has 1 amide bonds. The number of hydrogen-bond acceptors (Lipinski definition) is 5.